The Morgan fingerprint density at radius 1 is 1.09 bits per heavy atom. The van der Waals surface area contributed by atoms with Crippen LogP contribution in [0.3, 0.4) is 0 Å². The first-order valence-corrected chi connectivity index (χ1v) is 13.3. The molecule has 1 saturated carbocycles. The van der Waals surface area contributed by atoms with Crippen molar-refractivity contribution in [3.63, 3.8) is 0 Å². The second kappa shape index (κ2) is 10.2. The summed E-state index contributed by atoms with van der Waals surface area (Å²) in [6, 6.07) is 13.3. The summed E-state index contributed by atoms with van der Waals surface area (Å²) in [5.74, 6) is 1.71. The van der Waals surface area contributed by atoms with E-state index in [4.69, 9.17) is 4.74 Å². The van der Waals surface area contributed by atoms with E-state index in [1.807, 2.05) is 36.4 Å². The zero-order valence-corrected chi connectivity index (χ0v) is 19.4. The van der Waals surface area contributed by atoms with Crippen LogP contribution in [-0.4, -0.2) is 56.6 Å². The van der Waals surface area contributed by atoms with Gasteiger partial charge in [-0.15, -0.1) is 0 Å². The number of benzene rings is 1. The van der Waals surface area contributed by atoms with Crippen molar-refractivity contribution in [3.8, 4) is 5.75 Å². The van der Waals surface area contributed by atoms with Gasteiger partial charge in [0.15, 0.2) is 0 Å². The molecule has 0 unspecified atom stereocenters. The minimum atomic E-state index is -3.29. The first kappa shape index (κ1) is 23.0. The first-order chi connectivity index (χ1) is 15.4. The molecule has 4 rings (SSSR count). The summed E-state index contributed by atoms with van der Waals surface area (Å²) in [7, 11) is -3.29. The highest BCUT2D eigenvalue weighted by Crippen LogP contribution is 2.38. The van der Waals surface area contributed by atoms with Crippen molar-refractivity contribution in [1.82, 2.24) is 9.71 Å². The van der Waals surface area contributed by atoms with Crippen molar-refractivity contribution in [2.75, 3.05) is 30.9 Å². The predicted molar refractivity (Wildman–Crippen MR) is 125 cm³/mol. The van der Waals surface area contributed by atoms with Crippen LogP contribution in [0.2, 0.25) is 0 Å². The number of hydrogen-bond donors (Lipinski definition) is 2. The van der Waals surface area contributed by atoms with Crippen molar-refractivity contribution in [2.45, 2.75) is 50.2 Å². The number of sulfonamides is 1. The Labute approximate surface area is 190 Å². The fourth-order valence-corrected chi connectivity index (χ4v) is 5.87. The number of piperidine rings is 1. The first-order valence-electron chi connectivity index (χ1n) is 11.4. The third kappa shape index (κ3) is 5.99. The van der Waals surface area contributed by atoms with E-state index in [0.29, 0.717) is 24.8 Å². The van der Waals surface area contributed by atoms with E-state index in [1.165, 1.54) is 6.26 Å². The number of rotatable bonds is 7. The summed E-state index contributed by atoms with van der Waals surface area (Å²) >= 11 is 0. The van der Waals surface area contributed by atoms with Gasteiger partial charge in [-0.25, -0.2) is 18.1 Å². The highest BCUT2D eigenvalue weighted by molar-refractivity contribution is 7.88. The standard InChI is InChI=1S/C24H33N3O4S/c1-32(29,30)26-22-13-15-27(24-8-4-5-14-25-24)16-19(22)17-31-20-11-9-18(10-12-20)21-6-2-3-7-23(21)28/h2-8,14,18-20,22,26,28H,9-13,15-17H2,1H3/t18-,19-,20+,22-/m0/s1. The zero-order valence-electron chi connectivity index (χ0n) is 18.6. The molecule has 0 amide bonds. The molecule has 8 heteroatoms. The Balaban J connectivity index is 1.35. The van der Waals surface area contributed by atoms with E-state index in [0.717, 1.165) is 50.0 Å². The van der Waals surface area contributed by atoms with E-state index >= 15 is 0 Å². The van der Waals surface area contributed by atoms with Crippen molar-refractivity contribution >= 4 is 15.8 Å². The van der Waals surface area contributed by atoms with Gasteiger partial charge in [0.1, 0.15) is 11.6 Å². The fourth-order valence-electron chi connectivity index (χ4n) is 5.01. The van der Waals surface area contributed by atoms with Gasteiger partial charge < -0.3 is 14.7 Å². The minimum Gasteiger partial charge on any atom is -0.508 e. The molecule has 0 radical (unpaired) electrons. The molecule has 1 aliphatic heterocycles. The number of para-hydroxylation sites is 1. The van der Waals surface area contributed by atoms with Gasteiger partial charge in [0.05, 0.1) is 19.0 Å². The molecule has 32 heavy (non-hydrogen) atoms. The molecule has 2 N–H and O–H groups in total. The lowest BCUT2D eigenvalue weighted by Crippen LogP contribution is -2.52. The van der Waals surface area contributed by atoms with Gasteiger partial charge >= 0.3 is 0 Å². The monoisotopic (exact) mass is 459 g/mol. The van der Waals surface area contributed by atoms with Gasteiger partial charge in [-0.2, -0.15) is 0 Å². The molecule has 2 heterocycles. The number of nitrogens with zero attached hydrogens (tertiary/aromatic N) is 2. The third-order valence-corrected chi connectivity index (χ3v) is 7.40. The maximum atomic E-state index is 11.9. The van der Waals surface area contributed by atoms with Gasteiger partial charge in [-0.05, 0) is 61.8 Å². The minimum absolute atomic E-state index is 0.0522. The molecule has 1 aromatic heterocycles. The van der Waals surface area contributed by atoms with Crippen molar-refractivity contribution in [1.29, 1.82) is 0 Å². The summed E-state index contributed by atoms with van der Waals surface area (Å²) in [6.07, 6.45) is 7.75. The van der Waals surface area contributed by atoms with Crippen LogP contribution in [0, 0.1) is 5.92 Å². The highest BCUT2D eigenvalue weighted by Gasteiger charge is 2.33. The molecule has 2 atom stereocenters. The van der Waals surface area contributed by atoms with Crippen LogP contribution in [0.25, 0.3) is 0 Å². The van der Waals surface area contributed by atoms with Gasteiger partial charge in [0.25, 0.3) is 0 Å². The number of pyridine rings is 1. The SMILES string of the molecule is CS(=O)(=O)N[C@H]1CCN(c2ccccn2)C[C@H]1CO[C@H]1CC[C@@H](c2ccccc2O)CC1. The number of phenolic OH excluding ortho intramolecular Hbond substituents is 1. The molecule has 2 aliphatic rings. The molecule has 1 saturated heterocycles. The van der Waals surface area contributed by atoms with E-state index in [2.05, 4.69) is 14.6 Å². The molecular formula is C24H33N3O4S. The number of ether oxygens (including phenoxy) is 1. The molecule has 0 bridgehead atoms. The number of aromatic nitrogens is 1. The van der Waals surface area contributed by atoms with Gasteiger partial charge in [-0.3, -0.25) is 0 Å². The normalized spacial score (nSPS) is 26.7. The van der Waals surface area contributed by atoms with E-state index in [9.17, 15) is 13.5 Å². The van der Waals surface area contributed by atoms with Crippen molar-refractivity contribution in [2.24, 2.45) is 5.92 Å². The maximum Gasteiger partial charge on any atom is 0.208 e. The smallest absolute Gasteiger partial charge is 0.208 e. The number of hydrogen-bond acceptors (Lipinski definition) is 6. The Bertz CT molecular complexity index is 978. The van der Waals surface area contributed by atoms with Crippen LogP contribution in [-0.2, 0) is 14.8 Å². The second-order valence-corrected chi connectivity index (χ2v) is 10.8. The lowest BCUT2D eigenvalue weighted by Gasteiger charge is -2.40. The van der Waals surface area contributed by atoms with Gasteiger partial charge in [-0.1, -0.05) is 24.3 Å². The third-order valence-electron chi connectivity index (χ3n) is 6.67. The largest absolute Gasteiger partial charge is 0.508 e. The summed E-state index contributed by atoms with van der Waals surface area (Å²) in [6.45, 7) is 1.98. The maximum absolute atomic E-state index is 11.9. The van der Waals surface area contributed by atoms with E-state index < -0.39 is 10.0 Å². The van der Waals surface area contributed by atoms with Crippen LogP contribution >= 0.6 is 0 Å². The summed E-state index contributed by atoms with van der Waals surface area (Å²) in [5.41, 5.74) is 1.03. The number of aromatic hydroxyl groups is 1. The van der Waals surface area contributed by atoms with E-state index in [1.54, 1.807) is 12.3 Å². The van der Waals surface area contributed by atoms with Gasteiger partial charge in [0, 0.05) is 31.2 Å². The topological polar surface area (TPSA) is 91.8 Å². The van der Waals surface area contributed by atoms with Gasteiger partial charge in [0.2, 0.25) is 10.0 Å². The van der Waals surface area contributed by atoms with Crippen LogP contribution in [0.1, 0.15) is 43.6 Å². The molecular weight excluding hydrogens is 426 g/mol. The Kier molecular flexibility index (Phi) is 7.33. The lowest BCUT2D eigenvalue weighted by molar-refractivity contribution is -0.00223. The zero-order chi connectivity index (χ0) is 22.6. The van der Waals surface area contributed by atoms with Crippen molar-refractivity contribution in [3.05, 3.63) is 54.2 Å². The Morgan fingerprint density at radius 3 is 2.53 bits per heavy atom. The quantitative estimate of drug-likeness (QED) is 0.660. The lowest BCUT2D eigenvalue weighted by atomic mass is 9.82. The molecule has 2 fully saturated rings. The summed E-state index contributed by atoms with van der Waals surface area (Å²) < 4.78 is 32.9. The fraction of sp³-hybridized carbons (Fsp3) is 0.542. The van der Waals surface area contributed by atoms with E-state index in [-0.39, 0.29) is 18.1 Å². The van der Waals surface area contributed by atoms with Crippen LogP contribution in [0.15, 0.2) is 48.7 Å². The highest BCUT2D eigenvalue weighted by atomic mass is 32.2. The summed E-state index contributed by atoms with van der Waals surface area (Å²) in [5, 5.41) is 10.1. The number of phenols is 1. The van der Waals surface area contributed by atoms with Crippen LogP contribution in [0.4, 0.5) is 5.82 Å². The number of nitrogens with one attached hydrogen (secondary N) is 1. The second-order valence-electron chi connectivity index (χ2n) is 9.04. The average Bonchev–Trinajstić information content (AvgIpc) is 2.79. The summed E-state index contributed by atoms with van der Waals surface area (Å²) in [4.78, 5) is 6.67. The Morgan fingerprint density at radius 2 is 1.84 bits per heavy atom. The molecule has 2 aromatic rings. The molecule has 7 nitrogen and oxygen atoms in total. The van der Waals surface area contributed by atoms with Crippen LogP contribution in [0.5, 0.6) is 5.75 Å². The predicted octanol–water partition coefficient (Wildman–Crippen LogP) is 3.27. The Hall–Kier alpha value is -2.16. The van der Waals surface area contributed by atoms with Crippen LogP contribution < -0.4 is 9.62 Å². The molecule has 174 valence electrons. The molecule has 1 aliphatic carbocycles. The molecule has 1 aromatic carbocycles. The molecule has 0 spiro atoms. The number of anilines is 1. The average molecular weight is 460 g/mol. The van der Waals surface area contributed by atoms with Crippen molar-refractivity contribution < 1.29 is 18.3 Å².